The molecule has 0 aliphatic rings. The Labute approximate surface area is 182 Å². The molecule has 0 fully saturated rings. The van der Waals surface area contributed by atoms with Gasteiger partial charge in [0.1, 0.15) is 11.5 Å². The van der Waals surface area contributed by atoms with E-state index in [-0.39, 0.29) is 18.4 Å². The van der Waals surface area contributed by atoms with Crippen LogP contribution in [0.15, 0.2) is 66.7 Å². The van der Waals surface area contributed by atoms with Gasteiger partial charge in [-0.25, -0.2) is 0 Å². The third kappa shape index (κ3) is 5.85. The number of aryl methyl sites for hydroxylation is 2. The topological polar surface area (TPSA) is 76.7 Å². The van der Waals surface area contributed by atoms with E-state index in [4.69, 9.17) is 9.47 Å². The average molecular weight is 418 g/mol. The Morgan fingerprint density at radius 1 is 0.806 bits per heavy atom. The van der Waals surface area contributed by atoms with Crippen LogP contribution >= 0.6 is 0 Å². The van der Waals surface area contributed by atoms with E-state index < -0.39 is 0 Å². The van der Waals surface area contributed by atoms with Crippen LogP contribution in [0, 0.1) is 13.8 Å². The normalized spacial score (nSPS) is 10.3. The van der Waals surface area contributed by atoms with E-state index in [0.29, 0.717) is 29.3 Å². The van der Waals surface area contributed by atoms with Crippen molar-refractivity contribution in [3.05, 3.63) is 83.4 Å². The number of hydrogen-bond acceptors (Lipinski definition) is 4. The van der Waals surface area contributed by atoms with Crippen molar-refractivity contribution in [1.82, 2.24) is 0 Å². The van der Waals surface area contributed by atoms with Gasteiger partial charge in [0.05, 0.1) is 17.9 Å². The first-order chi connectivity index (χ1) is 15.0. The van der Waals surface area contributed by atoms with Crippen LogP contribution in [0.25, 0.3) is 0 Å². The zero-order valence-corrected chi connectivity index (χ0v) is 17.9. The lowest BCUT2D eigenvalue weighted by molar-refractivity contribution is -0.118. The third-order valence-corrected chi connectivity index (χ3v) is 4.63. The molecular formula is C25H26N2O4. The van der Waals surface area contributed by atoms with E-state index in [9.17, 15) is 9.59 Å². The Morgan fingerprint density at radius 3 is 2.16 bits per heavy atom. The van der Waals surface area contributed by atoms with Crippen LogP contribution in [0.5, 0.6) is 11.5 Å². The maximum absolute atomic E-state index is 12.8. The highest BCUT2D eigenvalue weighted by molar-refractivity contribution is 6.10. The SMILES string of the molecule is CCOc1ccc(NC(=O)c2ccccc2NC(=O)COc2c(C)cccc2C)cc1. The van der Waals surface area contributed by atoms with Crippen LogP contribution in [0.2, 0.25) is 0 Å². The maximum Gasteiger partial charge on any atom is 0.262 e. The number of benzene rings is 3. The summed E-state index contributed by atoms with van der Waals surface area (Å²) < 4.78 is 11.1. The lowest BCUT2D eigenvalue weighted by Gasteiger charge is -2.14. The Hall–Kier alpha value is -3.80. The number of hydrogen-bond donors (Lipinski definition) is 2. The van der Waals surface area contributed by atoms with E-state index in [1.54, 1.807) is 48.5 Å². The summed E-state index contributed by atoms with van der Waals surface area (Å²) in [5.41, 5.74) is 3.33. The van der Waals surface area contributed by atoms with E-state index in [0.717, 1.165) is 16.9 Å². The van der Waals surface area contributed by atoms with E-state index in [1.807, 2.05) is 39.0 Å². The molecule has 0 unspecified atom stereocenters. The molecule has 6 heteroatoms. The number of carbonyl (C=O) groups excluding carboxylic acids is 2. The summed E-state index contributed by atoms with van der Waals surface area (Å²) in [7, 11) is 0. The van der Waals surface area contributed by atoms with Gasteiger partial charge in [-0.15, -0.1) is 0 Å². The summed E-state index contributed by atoms with van der Waals surface area (Å²) in [6.45, 7) is 6.20. The average Bonchev–Trinajstić information content (AvgIpc) is 2.75. The highest BCUT2D eigenvalue weighted by atomic mass is 16.5. The highest BCUT2D eigenvalue weighted by Crippen LogP contribution is 2.23. The van der Waals surface area contributed by atoms with E-state index in [1.165, 1.54) is 0 Å². The number of para-hydroxylation sites is 2. The zero-order valence-electron chi connectivity index (χ0n) is 17.9. The van der Waals surface area contributed by atoms with Crippen LogP contribution in [0.1, 0.15) is 28.4 Å². The fraction of sp³-hybridized carbons (Fsp3) is 0.200. The molecule has 3 rings (SSSR count). The molecule has 0 radical (unpaired) electrons. The minimum absolute atomic E-state index is 0.152. The third-order valence-electron chi connectivity index (χ3n) is 4.63. The molecule has 0 saturated carbocycles. The zero-order chi connectivity index (χ0) is 22.2. The predicted molar refractivity (Wildman–Crippen MR) is 122 cm³/mol. The molecule has 6 nitrogen and oxygen atoms in total. The van der Waals surface area contributed by atoms with Crippen molar-refractivity contribution in [2.24, 2.45) is 0 Å². The predicted octanol–water partition coefficient (Wildman–Crippen LogP) is 4.97. The Morgan fingerprint density at radius 2 is 1.48 bits per heavy atom. The van der Waals surface area contributed by atoms with Crippen LogP contribution in [-0.4, -0.2) is 25.0 Å². The molecule has 0 aliphatic heterocycles. The van der Waals surface area contributed by atoms with E-state index in [2.05, 4.69) is 10.6 Å². The molecule has 0 atom stereocenters. The van der Waals surface area contributed by atoms with E-state index >= 15 is 0 Å². The monoisotopic (exact) mass is 418 g/mol. The first-order valence-corrected chi connectivity index (χ1v) is 10.1. The molecule has 0 aromatic heterocycles. The second-order valence-corrected chi connectivity index (χ2v) is 7.01. The van der Waals surface area contributed by atoms with Crippen molar-refractivity contribution in [3.8, 4) is 11.5 Å². The molecule has 0 bridgehead atoms. The highest BCUT2D eigenvalue weighted by Gasteiger charge is 2.14. The van der Waals surface area contributed by atoms with Gasteiger partial charge in [0, 0.05) is 5.69 Å². The molecule has 0 saturated heterocycles. The lowest BCUT2D eigenvalue weighted by Crippen LogP contribution is -2.23. The minimum Gasteiger partial charge on any atom is -0.494 e. The van der Waals surface area contributed by atoms with Gasteiger partial charge in [0.2, 0.25) is 0 Å². The van der Waals surface area contributed by atoms with Gasteiger partial charge in [-0.05, 0) is 68.3 Å². The summed E-state index contributed by atoms with van der Waals surface area (Å²) in [6, 6.07) is 19.8. The largest absolute Gasteiger partial charge is 0.494 e. The van der Waals surface area contributed by atoms with Gasteiger partial charge in [-0.2, -0.15) is 0 Å². The summed E-state index contributed by atoms with van der Waals surface area (Å²) in [6.07, 6.45) is 0. The van der Waals surface area contributed by atoms with Gasteiger partial charge < -0.3 is 20.1 Å². The lowest BCUT2D eigenvalue weighted by atomic mass is 10.1. The fourth-order valence-corrected chi connectivity index (χ4v) is 3.14. The van der Waals surface area contributed by atoms with Crippen molar-refractivity contribution in [3.63, 3.8) is 0 Å². The number of nitrogens with one attached hydrogen (secondary N) is 2. The summed E-state index contributed by atoms with van der Waals surface area (Å²) >= 11 is 0. The maximum atomic E-state index is 12.8. The van der Waals surface area contributed by atoms with Crippen LogP contribution in [0.4, 0.5) is 11.4 Å². The van der Waals surface area contributed by atoms with Gasteiger partial charge in [0.25, 0.3) is 11.8 Å². The van der Waals surface area contributed by atoms with Crippen molar-refractivity contribution < 1.29 is 19.1 Å². The van der Waals surface area contributed by atoms with Crippen LogP contribution in [-0.2, 0) is 4.79 Å². The molecule has 2 N–H and O–H groups in total. The first kappa shape index (κ1) is 21.9. The molecule has 160 valence electrons. The molecule has 2 amide bonds. The molecule has 0 heterocycles. The van der Waals surface area contributed by atoms with Gasteiger partial charge in [0.15, 0.2) is 6.61 Å². The van der Waals surface area contributed by atoms with Gasteiger partial charge in [-0.1, -0.05) is 30.3 Å². The second kappa shape index (κ2) is 10.3. The van der Waals surface area contributed by atoms with Gasteiger partial charge >= 0.3 is 0 Å². The number of ether oxygens (including phenoxy) is 2. The number of carbonyl (C=O) groups is 2. The van der Waals surface area contributed by atoms with Crippen LogP contribution in [0.3, 0.4) is 0 Å². The fourth-order valence-electron chi connectivity index (χ4n) is 3.14. The summed E-state index contributed by atoms with van der Waals surface area (Å²) in [5, 5.41) is 5.60. The minimum atomic E-state index is -0.344. The van der Waals surface area contributed by atoms with Gasteiger partial charge in [-0.3, -0.25) is 9.59 Å². The number of amides is 2. The summed E-state index contributed by atoms with van der Waals surface area (Å²) in [5.74, 6) is 0.760. The molecule has 0 spiro atoms. The molecule has 0 aliphatic carbocycles. The number of anilines is 2. The Balaban J connectivity index is 1.65. The summed E-state index contributed by atoms with van der Waals surface area (Å²) in [4.78, 5) is 25.2. The molecule has 3 aromatic carbocycles. The molecule has 3 aromatic rings. The quantitative estimate of drug-likeness (QED) is 0.541. The van der Waals surface area contributed by atoms with Crippen molar-refractivity contribution >= 4 is 23.2 Å². The van der Waals surface area contributed by atoms with Crippen molar-refractivity contribution in [1.29, 1.82) is 0 Å². The van der Waals surface area contributed by atoms with Crippen molar-refractivity contribution in [2.45, 2.75) is 20.8 Å². The Bertz CT molecular complexity index is 1040. The number of rotatable bonds is 8. The smallest absolute Gasteiger partial charge is 0.262 e. The second-order valence-electron chi connectivity index (χ2n) is 7.01. The Kier molecular flexibility index (Phi) is 7.27. The molecular weight excluding hydrogens is 392 g/mol. The van der Waals surface area contributed by atoms with Crippen molar-refractivity contribution in [2.75, 3.05) is 23.8 Å². The molecule has 31 heavy (non-hydrogen) atoms. The standard InChI is InChI=1S/C25H26N2O4/c1-4-30-20-14-12-19(13-15-20)26-25(29)21-10-5-6-11-22(21)27-23(28)16-31-24-17(2)8-7-9-18(24)3/h5-15H,4,16H2,1-3H3,(H,26,29)(H,27,28). The first-order valence-electron chi connectivity index (χ1n) is 10.1. The van der Waals surface area contributed by atoms with Crippen LogP contribution < -0.4 is 20.1 Å².